The molecule has 0 saturated heterocycles. The minimum atomic E-state index is -0.524. The molecule has 39 heavy (non-hydrogen) atoms. The van der Waals surface area contributed by atoms with Crippen molar-refractivity contribution >= 4 is 39.6 Å². The van der Waals surface area contributed by atoms with E-state index in [0.29, 0.717) is 53.7 Å². The highest BCUT2D eigenvalue weighted by atomic mass is 35.5. The van der Waals surface area contributed by atoms with E-state index in [2.05, 4.69) is 35.2 Å². The summed E-state index contributed by atoms with van der Waals surface area (Å²) < 4.78 is 11.8. The van der Waals surface area contributed by atoms with E-state index in [0.717, 1.165) is 59.1 Å². The normalized spacial score (nSPS) is 18.0. The van der Waals surface area contributed by atoms with Gasteiger partial charge in [-0.2, -0.15) is 0 Å². The van der Waals surface area contributed by atoms with Crippen LogP contribution in [0.3, 0.4) is 0 Å². The summed E-state index contributed by atoms with van der Waals surface area (Å²) in [7, 11) is 0. The summed E-state index contributed by atoms with van der Waals surface area (Å²) in [4.78, 5) is 29.9. The summed E-state index contributed by atoms with van der Waals surface area (Å²) in [6, 6.07) is 18.2. The minimum absolute atomic E-state index is 0.0827. The molecular formula is C33H32ClNO4. The van der Waals surface area contributed by atoms with E-state index < -0.39 is 5.92 Å². The number of hydrogen-bond donors (Lipinski definition) is 0. The van der Waals surface area contributed by atoms with Crippen LogP contribution in [0.5, 0.6) is 11.5 Å². The SMILES string of the molecule is CCOc1cc(Cl)c(C2C3=C(CCCC3=O)N(c3cccc4ccccc34)C3=C2C(=O)CCC3)cc1OCC. The van der Waals surface area contributed by atoms with Crippen molar-refractivity contribution in [3.05, 3.63) is 87.7 Å². The van der Waals surface area contributed by atoms with Crippen LogP contribution in [0.15, 0.2) is 77.1 Å². The van der Waals surface area contributed by atoms with Crippen LogP contribution >= 0.6 is 11.6 Å². The zero-order chi connectivity index (χ0) is 27.1. The molecule has 1 aliphatic heterocycles. The van der Waals surface area contributed by atoms with Gasteiger partial charge in [-0.3, -0.25) is 9.59 Å². The van der Waals surface area contributed by atoms with E-state index in [9.17, 15) is 9.59 Å². The molecule has 0 N–H and O–H groups in total. The van der Waals surface area contributed by atoms with Gasteiger partial charge in [0.2, 0.25) is 0 Å². The second-order valence-corrected chi connectivity index (χ2v) is 10.6. The molecule has 0 bridgehead atoms. The second-order valence-electron chi connectivity index (χ2n) is 10.2. The van der Waals surface area contributed by atoms with Crippen molar-refractivity contribution in [2.75, 3.05) is 18.1 Å². The molecule has 0 fully saturated rings. The fourth-order valence-electron chi connectivity index (χ4n) is 6.43. The number of allylic oxidation sites excluding steroid dienone is 4. The smallest absolute Gasteiger partial charge is 0.162 e. The van der Waals surface area contributed by atoms with Gasteiger partial charge >= 0.3 is 0 Å². The van der Waals surface area contributed by atoms with Crippen LogP contribution < -0.4 is 14.4 Å². The lowest BCUT2D eigenvalue weighted by atomic mass is 9.70. The molecule has 2 aliphatic carbocycles. The predicted molar refractivity (Wildman–Crippen MR) is 155 cm³/mol. The number of nitrogens with zero attached hydrogens (tertiary/aromatic N) is 1. The highest BCUT2D eigenvalue weighted by Gasteiger charge is 2.44. The van der Waals surface area contributed by atoms with Crippen molar-refractivity contribution in [3.63, 3.8) is 0 Å². The number of benzene rings is 3. The van der Waals surface area contributed by atoms with E-state index in [-0.39, 0.29) is 11.6 Å². The molecular weight excluding hydrogens is 510 g/mol. The number of anilines is 1. The Hall–Kier alpha value is -3.57. The maximum Gasteiger partial charge on any atom is 0.162 e. The van der Waals surface area contributed by atoms with E-state index in [1.54, 1.807) is 6.07 Å². The lowest BCUT2D eigenvalue weighted by Crippen LogP contribution is -2.39. The van der Waals surface area contributed by atoms with Gasteiger partial charge in [-0.1, -0.05) is 48.0 Å². The molecule has 3 aromatic carbocycles. The van der Waals surface area contributed by atoms with E-state index >= 15 is 0 Å². The highest BCUT2D eigenvalue weighted by molar-refractivity contribution is 6.32. The monoisotopic (exact) mass is 541 g/mol. The molecule has 0 spiro atoms. The number of ether oxygens (including phenoxy) is 2. The number of rotatable bonds is 6. The average Bonchev–Trinajstić information content (AvgIpc) is 2.94. The van der Waals surface area contributed by atoms with Crippen LogP contribution in [-0.2, 0) is 9.59 Å². The van der Waals surface area contributed by atoms with Crippen molar-refractivity contribution in [1.82, 2.24) is 0 Å². The molecule has 0 atom stereocenters. The first kappa shape index (κ1) is 25.7. The van der Waals surface area contributed by atoms with Crippen molar-refractivity contribution in [2.24, 2.45) is 0 Å². The molecule has 5 nitrogen and oxygen atoms in total. The summed E-state index contributed by atoms with van der Waals surface area (Å²) >= 11 is 6.94. The summed E-state index contributed by atoms with van der Waals surface area (Å²) in [5.41, 5.74) is 5.11. The first-order chi connectivity index (χ1) is 19.0. The van der Waals surface area contributed by atoms with Crippen LogP contribution in [0.25, 0.3) is 10.8 Å². The van der Waals surface area contributed by atoms with Crippen LogP contribution in [0.2, 0.25) is 5.02 Å². The number of hydrogen-bond acceptors (Lipinski definition) is 5. The third kappa shape index (κ3) is 4.33. The van der Waals surface area contributed by atoms with E-state index in [4.69, 9.17) is 21.1 Å². The Morgan fingerprint density at radius 2 is 1.38 bits per heavy atom. The van der Waals surface area contributed by atoms with Gasteiger partial charge in [0.05, 0.1) is 18.9 Å². The molecule has 6 heteroatoms. The third-order valence-corrected chi connectivity index (χ3v) is 8.28. The lowest BCUT2D eigenvalue weighted by molar-refractivity contribution is -0.116. The predicted octanol–water partition coefficient (Wildman–Crippen LogP) is 7.91. The lowest BCUT2D eigenvalue weighted by Gasteiger charge is -2.44. The molecule has 3 aromatic rings. The van der Waals surface area contributed by atoms with Crippen molar-refractivity contribution in [1.29, 1.82) is 0 Å². The van der Waals surface area contributed by atoms with Crippen LogP contribution in [0.4, 0.5) is 5.69 Å². The molecule has 0 radical (unpaired) electrons. The first-order valence-electron chi connectivity index (χ1n) is 13.9. The van der Waals surface area contributed by atoms with Crippen molar-refractivity contribution < 1.29 is 19.1 Å². The number of fused-ring (bicyclic) bond motifs is 1. The Labute approximate surface area is 234 Å². The molecule has 0 aromatic heterocycles. The van der Waals surface area contributed by atoms with Gasteiger partial charge in [0, 0.05) is 57.8 Å². The molecule has 1 heterocycles. The Bertz CT molecular complexity index is 1500. The van der Waals surface area contributed by atoms with Gasteiger partial charge in [0.15, 0.2) is 23.1 Å². The summed E-state index contributed by atoms with van der Waals surface area (Å²) in [5, 5.41) is 2.70. The van der Waals surface area contributed by atoms with E-state index in [1.807, 2.05) is 32.0 Å². The number of Topliss-reactive ketones (excluding diaryl/α,β-unsaturated/α-hetero) is 2. The number of halogens is 1. The van der Waals surface area contributed by atoms with Gasteiger partial charge in [0.1, 0.15) is 0 Å². The standard InChI is InChI=1S/C33H32ClNO4/c1-3-38-29-18-22(23(34)19-30(29)39-4-2)31-32-25(14-8-16-27(32)36)35(26-15-9-17-28(37)33(26)31)24-13-7-11-20-10-5-6-12-21(20)24/h5-7,10-13,18-19,31H,3-4,8-9,14-17H2,1-2H3. The first-order valence-corrected chi connectivity index (χ1v) is 14.3. The highest BCUT2D eigenvalue weighted by Crippen LogP contribution is 2.53. The Kier molecular flexibility index (Phi) is 6.94. The quantitative estimate of drug-likeness (QED) is 0.317. The third-order valence-electron chi connectivity index (χ3n) is 7.96. The molecule has 0 saturated carbocycles. The molecule has 6 rings (SSSR count). The largest absolute Gasteiger partial charge is 0.490 e. The average molecular weight is 542 g/mol. The van der Waals surface area contributed by atoms with Gasteiger partial charge in [0.25, 0.3) is 0 Å². The fourth-order valence-corrected chi connectivity index (χ4v) is 6.70. The Morgan fingerprint density at radius 3 is 2.03 bits per heavy atom. The summed E-state index contributed by atoms with van der Waals surface area (Å²) in [6.07, 6.45) is 4.01. The number of carbonyl (C=O) groups is 2. The molecule has 0 amide bonds. The van der Waals surface area contributed by atoms with Gasteiger partial charge < -0.3 is 14.4 Å². The van der Waals surface area contributed by atoms with E-state index in [1.165, 1.54) is 0 Å². The summed E-state index contributed by atoms with van der Waals surface area (Å²) in [6.45, 7) is 4.76. The summed E-state index contributed by atoms with van der Waals surface area (Å²) in [5.74, 6) is 0.781. The van der Waals surface area contributed by atoms with Crippen LogP contribution in [0, 0.1) is 0 Å². The zero-order valence-electron chi connectivity index (χ0n) is 22.4. The maximum absolute atomic E-state index is 13.8. The number of ketones is 2. The molecule has 200 valence electrons. The van der Waals surface area contributed by atoms with Crippen molar-refractivity contribution in [2.45, 2.75) is 58.3 Å². The zero-order valence-corrected chi connectivity index (χ0v) is 23.1. The van der Waals surface area contributed by atoms with Gasteiger partial charge in [-0.15, -0.1) is 0 Å². The fraction of sp³-hybridized carbons (Fsp3) is 0.333. The number of carbonyl (C=O) groups excluding carboxylic acids is 2. The van der Waals surface area contributed by atoms with Crippen LogP contribution in [0.1, 0.15) is 63.9 Å². The van der Waals surface area contributed by atoms with Crippen LogP contribution in [-0.4, -0.2) is 24.8 Å². The molecule has 0 unspecified atom stereocenters. The van der Waals surface area contributed by atoms with Crippen molar-refractivity contribution in [3.8, 4) is 11.5 Å². The second kappa shape index (κ2) is 10.5. The maximum atomic E-state index is 13.8. The van der Waals surface area contributed by atoms with Gasteiger partial charge in [-0.25, -0.2) is 0 Å². The Balaban J connectivity index is 1.64. The topological polar surface area (TPSA) is 55.8 Å². The van der Waals surface area contributed by atoms with Gasteiger partial charge in [-0.05, 0) is 62.6 Å². The molecule has 3 aliphatic rings. The minimum Gasteiger partial charge on any atom is -0.490 e. The Morgan fingerprint density at radius 1 is 0.795 bits per heavy atom.